The topological polar surface area (TPSA) is 55.1 Å². The van der Waals surface area contributed by atoms with E-state index in [2.05, 4.69) is 17.2 Å². The zero-order valence-corrected chi connectivity index (χ0v) is 12.4. The summed E-state index contributed by atoms with van der Waals surface area (Å²) in [6.07, 6.45) is 0. The van der Waals surface area contributed by atoms with Gasteiger partial charge in [0.15, 0.2) is 0 Å². The minimum Gasteiger partial charge on any atom is -0.322 e. The number of nitrogens with two attached hydrogens (primary N) is 1. The molecule has 0 unspecified atom stereocenters. The van der Waals surface area contributed by atoms with Crippen LogP contribution in [0.4, 0.5) is 5.69 Å². The number of hydrogen-bond acceptors (Lipinski definition) is 2. The van der Waals surface area contributed by atoms with Crippen molar-refractivity contribution in [3.8, 4) is 11.8 Å². The van der Waals surface area contributed by atoms with E-state index in [1.54, 1.807) is 30.3 Å². The van der Waals surface area contributed by atoms with E-state index < -0.39 is 0 Å². The first-order chi connectivity index (χ1) is 10.1. The highest BCUT2D eigenvalue weighted by Gasteiger charge is 2.07. The summed E-state index contributed by atoms with van der Waals surface area (Å²) in [5.41, 5.74) is 8.34. The van der Waals surface area contributed by atoms with Gasteiger partial charge in [0.2, 0.25) is 0 Å². The lowest BCUT2D eigenvalue weighted by molar-refractivity contribution is 0.102. The minimum absolute atomic E-state index is 0.171. The van der Waals surface area contributed by atoms with E-state index in [-0.39, 0.29) is 5.91 Å². The van der Waals surface area contributed by atoms with Crippen LogP contribution in [0.3, 0.4) is 0 Å². The Morgan fingerprint density at radius 2 is 1.95 bits per heavy atom. The number of aryl methyl sites for hydroxylation is 1. The van der Waals surface area contributed by atoms with Gasteiger partial charge in [-0.25, -0.2) is 0 Å². The van der Waals surface area contributed by atoms with Gasteiger partial charge in [-0.2, -0.15) is 0 Å². The van der Waals surface area contributed by atoms with Gasteiger partial charge in [0.25, 0.3) is 5.91 Å². The molecule has 2 rings (SSSR count). The standard InChI is InChI=1S/C17H15ClN2O/c1-12-11-14(6-9-16(12)18)17(21)20-15-7-4-13(5-8-15)3-2-10-19/h4-9,11H,10,19H2,1H3,(H,20,21). The van der Waals surface area contributed by atoms with Crippen molar-refractivity contribution in [2.45, 2.75) is 6.92 Å². The normalized spacial score (nSPS) is 9.67. The number of halogens is 1. The van der Waals surface area contributed by atoms with Crippen molar-refractivity contribution in [3.05, 3.63) is 64.2 Å². The maximum absolute atomic E-state index is 12.1. The highest BCUT2D eigenvalue weighted by molar-refractivity contribution is 6.31. The smallest absolute Gasteiger partial charge is 0.255 e. The maximum atomic E-state index is 12.1. The van der Waals surface area contributed by atoms with Crippen molar-refractivity contribution >= 4 is 23.2 Å². The molecule has 0 radical (unpaired) electrons. The molecule has 0 heterocycles. The second-order valence-corrected chi connectivity index (χ2v) is 4.91. The van der Waals surface area contributed by atoms with Crippen molar-refractivity contribution in [2.75, 3.05) is 11.9 Å². The van der Waals surface area contributed by atoms with Crippen molar-refractivity contribution in [1.29, 1.82) is 0 Å². The van der Waals surface area contributed by atoms with Gasteiger partial charge in [-0.15, -0.1) is 0 Å². The average Bonchev–Trinajstić information content (AvgIpc) is 2.49. The third kappa shape index (κ3) is 4.09. The Morgan fingerprint density at radius 1 is 1.24 bits per heavy atom. The Bertz CT molecular complexity index is 712. The largest absolute Gasteiger partial charge is 0.322 e. The lowest BCUT2D eigenvalue weighted by atomic mass is 10.1. The average molecular weight is 299 g/mol. The highest BCUT2D eigenvalue weighted by Crippen LogP contribution is 2.17. The number of anilines is 1. The lowest BCUT2D eigenvalue weighted by Crippen LogP contribution is -2.11. The fraction of sp³-hybridized carbons (Fsp3) is 0.118. The molecule has 2 aromatic carbocycles. The molecule has 0 bridgehead atoms. The third-order valence-electron chi connectivity index (χ3n) is 2.90. The van der Waals surface area contributed by atoms with Gasteiger partial charge >= 0.3 is 0 Å². The second kappa shape index (κ2) is 6.94. The van der Waals surface area contributed by atoms with Crippen molar-refractivity contribution in [3.63, 3.8) is 0 Å². The molecule has 3 nitrogen and oxygen atoms in total. The van der Waals surface area contributed by atoms with Crippen LogP contribution in [-0.2, 0) is 0 Å². The number of rotatable bonds is 2. The molecule has 0 aliphatic carbocycles. The molecule has 1 amide bonds. The predicted octanol–water partition coefficient (Wildman–Crippen LogP) is 3.21. The Kier molecular flexibility index (Phi) is 4.99. The van der Waals surface area contributed by atoms with Crippen LogP contribution in [0, 0.1) is 18.8 Å². The van der Waals surface area contributed by atoms with E-state index in [1.165, 1.54) is 0 Å². The molecule has 0 atom stereocenters. The quantitative estimate of drug-likeness (QED) is 0.837. The molecule has 106 valence electrons. The molecular formula is C17H15ClN2O. The number of benzene rings is 2. The highest BCUT2D eigenvalue weighted by atomic mass is 35.5. The van der Waals surface area contributed by atoms with E-state index in [4.69, 9.17) is 17.3 Å². The van der Waals surface area contributed by atoms with Crippen LogP contribution in [0.1, 0.15) is 21.5 Å². The van der Waals surface area contributed by atoms with Crippen LogP contribution in [0.5, 0.6) is 0 Å². The molecule has 0 saturated heterocycles. The number of carbonyl (C=O) groups is 1. The molecule has 4 heteroatoms. The first-order valence-corrected chi connectivity index (χ1v) is 6.84. The van der Waals surface area contributed by atoms with Gasteiger partial charge in [0.1, 0.15) is 0 Å². The SMILES string of the molecule is Cc1cc(C(=O)Nc2ccc(C#CCN)cc2)ccc1Cl. The summed E-state index contributed by atoms with van der Waals surface area (Å²) in [5.74, 6) is 5.54. The summed E-state index contributed by atoms with van der Waals surface area (Å²) in [7, 11) is 0. The third-order valence-corrected chi connectivity index (χ3v) is 3.32. The molecular weight excluding hydrogens is 284 g/mol. The van der Waals surface area contributed by atoms with Gasteiger partial charge in [-0.3, -0.25) is 4.79 Å². The summed E-state index contributed by atoms with van der Waals surface area (Å²) < 4.78 is 0. The summed E-state index contributed by atoms with van der Waals surface area (Å²) in [6.45, 7) is 2.19. The first kappa shape index (κ1) is 15.1. The maximum Gasteiger partial charge on any atom is 0.255 e. The van der Waals surface area contributed by atoms with Gasteiger partial charge in [0, 0.05) is 21.8 Å². The zero-order valence-electron chi connectivity index (χ0n) is 11.6. The zero-order chi connectivity index (χ0) is 15.2. The molecule has 21 heavy (non-hydrogen) atoms. The van der Waals surface area contributed by atoms with Crippen molar-refractivity contribution < 1.29 is 4.79 Å². The Hall–Kier alpha value is -2.28. The Balaban J connectivity index is 2.10. The number of carbonyl (C=O) groups excluding carboxylic acids is 1. The number of nitrogens with one attached hydrogen (secondary N) is 1. The molecule has 0 aliphatic heterocycles. The van der Waals surface area contributed by atoms with E-state index in [9.17, 15) is 4.79 Å². The lowest BCUT2D eigenvalue weighted by Gasteiger charge is -2.06. The van der Waals surface area contributed by atoms with E-state index in [0.717, 1.165) is 11.1 Å². The van der Waals surface area contributed by atoms with Gasteiger partial charge in [0.05, 0.1) is 6.54 Å². The number of hydrogen-bond donors (Lipinski definition) is 2. The summed E-state index contributed by atoms with van der Waals surface area (Å²) in [6, 6.07) is 12.5. The molecule has 0 saturated carbocycles. The first-order valence-electron chi connectivity index (χ1n) is 6.46. The van der Waals surface area contributed by atoms with E-state index >= 15 is 0 Å². The summed E-state index contributed by atoms with van der Waals surface area (Å²) in [4.78, 5) is 12.1. The van der Waals surface area contributed by atoms with Gasteiger partial charge in [-0.05, 0) is 55.0 Å². The molecule has 0 aromatic heterocycles. The molecule has 0 spiro atoms. The van der Waals surface area contributed by atoms with Gasteiger partial charge in [-0.1, -0.05) is 23.4 Å². The molecule has 3 N–H and O–H groups in total. The van der Waals surface area contributed by atoms with Crippen LogP contribution in [0.15, 0.2) is 42.5 Å². The fourth-order valence-electron chi connectivity index (χ4n) is 1.78. The van der Waals surface area contributed by atoms with Crippen LogP contribution < -0.4 is 11.1 Å². The van der Waals surface area contributed by atoms with E-state index in [1.807, 2.05) is 19.1 Å². The van der Waals surface area contributed by atoms with Crippen molar-refractivity contribution in [2.24, 2.45) is 5.73 Å². The monoisotopic (exact) mass is 298 g/mol. The second-order valence-electron chi connectivity index (χ2n) is 4.50. The Morgan fingerprint density at radius 3 is 2.57 bits per heavy atom. The van der Waals surface area contributed by atoms with Crippen molar-refractivity contribution in [1.82, 2.24) is 0 Å². The number of amides is 1. The Labute approximate surface area is 129 Å². The summed E-state index contributed by atoms with van der Waals surface area (Å²) >= 11 is 5.95. The minimum atomic E-state index is -0.171. The summed E-state index contributed by atoms with van der Waals surface area (Å²) in [5, 5.41) is 3.48. The molecule has 2 aromatic rings. The van der Waals surface area contributed by atoms with Gasteiger partial charge < -0.3 is 11.1 Å². The van der Waals surface area contributed by atoms with E-state index in [0.29, 0.717) is 22.8 Å². The van der Waals surface area contributed by atoms with Crippen LogP contribution >= 0.6 is 11.6 Å². The van der Waals surface area contributed by atoms with Crippen LogP contribution in [0.2, 0.25) is 5.02 Å². The van der Waals surface area contributed by atoms with Crippen LogP contribution in [-0.4, -0.2) is 12.5 Å². The van der Waals surface area contributed by atoms with Crippen LogP contribution in [0.25, 0.3) is 0 Å². The molecule has 0 aliphatic rings. The molecule has 0 fully saturated rings. The predicted molar refractivity (Wildman–Crippen MR) is 86.5 cm³/mol. The fourth-order valence-corrected chi connectivity index (χ4v) is 1.90.